The Morgan fingerprint density at radius 3 is 2.33 bits per heavy atom. The summed E-state index contributed by atoms with van der Waals surface area (Å²) >= 11 is 0. The maximum atomic E-state index is 11.5. The van der Waals surface area contributed by atoms with Gasteiger partial charge in [-0.3, -0.25) is 4.90 Å². The fourth-order valence-electron chi connectivity index (χ4n) is 2.70. The minimum Gasteiger partial charge on any atom is -0.478 e. The molecule has 5 nitrogen and oxygen atoms in total. The van der Waals surface area contributed by atoms with Crippen LogP contribution in [0.4, 0.5) is 10.5 Å². The molecular formula is C16H13NO4. The van der Waals surface area contributed by atoms with E-state index in [1.807, 2.05) is 36.4 Å². The fourth-order valence-corrected chi connectivity index (χ4v) is 2.70. The lowest BCUT2D eigenvalue weighted by Crippen LogP contribution is -2.28. The van der Waals surface area contributed by atoms with Crippen LogP contribution in [0.3, 0.4) is 0 Å². The van der Waals surface area contributed by atoms with Crippen molar-refractivity contribution in [2.45, 2.75) is 6.42 Å². The van der Waals surface area contributed by atoms with E-state index in [0.29, 0.717) is 18.7 Å². The number of hydrogen-bond donors (Lipinski definition) is 2. The molecule has 2 N–H and O–H groups in total. The fraction of sp³-hybridized carbons (Fsp3) is 0.125. The number of hydrogen-bond acceptors (Lipinski definition) is 2. The van der Waals surface area contributed by atoms with Crippen molar-refractivity contribution in [2.75, 3.05) is 11.4 Å². The lowest BCUT2D eigenvalue weighted by Gasteiger charge is -2.16. The summed E-state index contributed by atoms with van der Waals surface area (Å²) in [5.41, 5.74) is 2.80. The molecule has 1 amide bonds. The van der Waals surface area contributed by atoms with E-state index in [2.05, 4.69) is 0 Å². The maximum Gasteiger partial charge on any atom is 0.411 e. The molecule has 5 heteroatoms. The molecule has 0 aliphatic carbocycles. The lowest BCUT2D eigenvalue weighted by atomic mass is 9.98. The first-order valence-electron chi connectivity index (χ1n) is 6.54. The number of carboxylic acids is 1. The highest BCUT2D eigenvalue weighted by atomic mass is 16.4. The van der Waals surface area contributed by atoms with Crippen LogP contribution in [-0.4, -0.2) is 28.8 Å². The number of amides is 1. The van der Waals surface area contributed by atoms with E-state index in [0.717, 1.165) is 21.6 Å². The van der Waals surface area contributed by atoms with Gasteiger partial charge in [-0.05, 0) is 35.2 Å². The van der Waals surface area contributed by atoms with Gasteiger partial charge in [0.2, 0.25) is 0 Å². The van der Waals surface area contributed by atoms with Crippen molar-refractivity contribution in [3.05, 3.63) is 53.6 Å². The van der Waals surface area contributed by atoms with Crippen molar-refractivity contribution >= 4 is 17.7 Å². The monoisotopic (exact) mass is 283 g/mol. The summed E-state index contributed by atoms with van der Waals surface area (Å²) in [5.74, 6) is -1.11. The number of anilines is 1. The van der Waals surface area contributed by atoms with Crippen molar-refractivity contribution in [1.82, 2.24) is 0 Å². The van der Waals surface area contributed by atoms with E-state index in [9.17, 15) is 19.8 Å². The summed E-state index contributed by atoms with van der Waals surface area (Å²) in [7, 11) is 0. The van der Waals surface area contributed by atoms with Crippen LogP contribution < -0.4 is 4.90 Å². The second-order valence-electron chi connectivity index (χ2n) is 4.89. The van der Waals surface area contributed by atoms with Crippen LogP contribution in [0.2, 0.25) is 0 Å². The summed E-state index contributed by atoms with van der Waals surface area (Å²) < 4.78 is 0. The molecule has 2 aromatic rings. The number of benzene rings is 2. The first-order chi connectivity index (χ1) is 10.1. The molecular weight excluding hydrogens is 270 g/mol. The largest absolute Gasteiger partial charge is 0.478 e. The molecule has 0 radical (unpaired) electrons. The van der Waals surface area contributed by atoms with Crippen molar-refractivity contribution in [3.8, 4) is 11.1 Å². The zero-order valence-corrected chi connectivity index (χ0v) is 11.1. The van der Waals surface area contributed by atoms with Gasteiger partial charge in [-0.2, -0.15) is 0 Å². The number of nitrogens with zero attached hydrogens (tertiary/aromatic N) is 1. The molecule has 1 aliphatic rings. The van der Waals surface area contributed by atoms with E-state index < -0.39 is 12.1 Å². The molecule has 0 spiro atoms. The van der Waals surface area contributed by atoms with Gasteiger partial charge in [0.25, 0.3) is 0 Å². The Kier molecular flexibility index (Phi) is 3.10. The summed E-state index contributed by atoms with van der Waals surface area (Å²) in [5, 5.41) is 18.6. The molecule has 0 saturated heterocycles. The first-order valence-corrected chi connectivity index (χ1v) is 6.54. The van der Waals surface area contributed by atoms with Crippen LogP contribution in [0, 0.1) is 0 Å². The average molecular weight is 283 g/mol. The zero-order valence-electron chi connectivity index (χ0n) is 11.1. The number of carbonyl (C=O) groups is 2. The van der Waals surface area contributed by atoms with Crippen LogP contribution in [0.25, 0.3) is 11.1 Å². The SMILES string of the molecule is O=C(O)c1cc(-c2ccccc2)cc2c1N(C(=O)O)CC2. The predicted octanol–water partition coefficient (Wildman–Crippen LogP) is 3.09. The summed E-state index contributed by atoms with van der Waals surface area (Å²) in [6.07, 6.45) is -0.591. The molecule has 3 rings (SSSR count). The molecule has 0 bridgehead atoms. The van der Waals surface area contributed by atoms with E-state index >= 15 is 0 Å². The number of carboxylic acid groups (broad SMARTS) is 2. The van der Waals surface area contributed by atoms with Gasteiger partial charge in [0.15, 0.2) is 0 Å². The van der Waals surface area contributed by atoms with Crippen LogP contribution in [0.5, 0.6) is 0 Å². The van der Waals surface area contributed by atoms with E-state index in [1.165, 1.54) is 6.07 Å². The third kappa shape index (κ3) is 2.23. The van der Waals surface area contributed by atoms with E-state index in [1.54, 1.807) is 0 Å². The highest BCUT2D eigenvalue weighted by molar-refractivity contribution is 6.03. The van der Waals surface area contributed by atoms with Crippen molar-refractivity contribution in [1.29, 1.82) is 0 Å². The maximum absolute atomic E-state index is 11.5. The van der Waals surface area contributed by atoms with Crippen LogP contribution in [-0.2, 0) is 6.42 Å². The minimum absolute atomic E-state index is 0.0336. The first kappa shape index (κ1) is 13.2. The van der Waals surface area contributed by atoms with Crippen molar-refractivity contribution in [3.63, 3.8) is 0 Å². The number of rotatable bonds is 2. The molecule has 1 aliphatic heterocycles. The van der Waals surface area contributed by atoms with Gasteiger partial charge in [0.1, 0.15) is 0 Å². The lowest BCUT2D eigenvalue weighted by molar-refractivity contribution is 0.0698. The van der Waals surface area contributed by atoms with Gasteiger partial charge >= 0.3 is 12.1 Å². The number of fused-ring (bicyclic) bond motifs is 1. The summed E-state index contributed by atoms with van der Waals surface area (Å²) in [6, 6.07) is 12.9. The highest BCUT2D eigenvalue weighted by Crippen LogP contribution is 2.36. The molecule has 0 saturated carbocycles. The van der Waals surface area contributed by atoms with Gasteiger partial charge in [-0.1, -0.05) is 30.3 Å². The Morgan fingerprint density at radius 1 is 1.00 bits per heavy atom. The van der Waals surface area contributed by atoms with Gasteiger partial charge < -0.3 is 10.2 Å². The average Bonchev–Trinajstić information content (AvgIpc) is 2.91. The summed E-state index contributed by atoms with van der Waals surface area (Å²) in [4.78, 5) is 23.8. The van der Waals surface area contributed by atoms with Gasteiger partial charge in [-0.25, -0.2) is 9.59 Å². The van der Waals surface area contributed by atoms with Crippen LogP contribution in [0.1, 0.15) is 15.9 Å². The van der Waals surface area contributed by atoms with Gasteiger partial charge in [0.05, 0.1) is 11.3 Å². The Labute approximate surface area is 121 Å². The second kappa shape index (κ2) is 4.94. The molecule has 0 atom stereocenters. The van der Waals surface area contributed by atoms with Crippen LogP contribution >= 0.6 is 0 Å². The molecule has 0 aromatic heterocycles. The third-order valence-electron chi connectivity index (χ3n) is 3.63. The molecule has 2 aromatic carbocycles. The summed E-state index contributed by atoms with van der Waals surface area (Å²) in [6.45, 7) is 0.295. The highest BCUT2D eigenvalue weighted by Gasteiger charge is 2.30. The Balaban J connectivity index is 2.19. The molecule has 21 heavy (non-hydrogen) atoms. The normalized spacial score (nSPS) is 13.0. The van der Waals surface area contributed by atoms with Crippen molar-refractivity contribution in [2.24, 2.45) is 0 Å². The second-order valence-corrected chi connectivity index (χ2v) is 4.89. The van der Waals surface area contributed by atoms with Gasteiger partial charge in [-0.15, -0.1) is 0 Å². The Hall–Kier alpha value is -2.82. The Morgan fingerprint density at radius 2 is 1.71 bits per heavy atom. The van der Waals surface area contributed by atoms with Gasteiger partial charge in [0, 0.05) is 6.54 Å². The standard InChI is InChI=1S/C16H13NO4/c18-15(19)13-9-12(10-4-2-1-3-5-10)8-11-6-7-17(14(11)13)16(20)21/h1-5,8-9H,6-7H2,(H,18,19)(H,20,21). The van der Waals surface area contributed by atoms with E-state index in [4.69, 9.17) is 0 Å². The number of aromatic carboxylic acids is 1. The minimum atomic E-state index is -1.12. The molecule has 106 valence electrons. The topological polar surface area (TPSA) is 77.8 Å². The van der Waals surface area contributed by atoms with E-state index in [-0.39, 0.29) is 5.56 Å². The molecule has 0 fully saturated rings. The predicted molar refractivity (Wildman–Crippen MR) is 77.9 cm³/mol. The quantitative estimate of drug-likeness (QED) is 0.887. The third-order valence-corrected chi connectivity index (χ3v) is 3.63. The smallest absolute Gasteiger partial charge is 0.411 e. The molecule has 1 heterocycles. The Bertz CT molecular complexity index is 725. The molecule has 0 unspecified atom stereocenters. The van der Waals surface area contributed by atoms with Crippen LogP contribution in [0.15, 0.2) is 42.5 Å². The zero-order chi connectivity index (χ0) is 15.0. The van der Waals surface area contributed by atoms with Crippen molar-refractivity contribution < 1.29 is 19.8 Å².